The zero-order valence-corrected chi connectivity index (χ0v) is 16.3. The lowest BCUT2D eigenvalue weighted by molar-refractivity contribution is 0.354. The highest BCUT2D eigenvalue weighted by Crippen LogP contribution is 2.28. The third kappa shape index (κ3) is 3.50. The average molecular weight is 393 g/mol. The number of sulfonamides is 1. The molecule has 0 spiro atoms. The van der Waals surface area contributed by atoms with Crippen LogP contribution in [0.4, 0.5) is 0 Å². The first-order valence-electron chi connectivity index (χ1n) is 7.86. The molecular weight excluding hydrogens is 374 g/mol. The number of fused-ring (bicyclic) bond motifs is 1. The van der Waals surface area contributed by atoms with Gasteiger partial charge in [0.05, 0.1) is 25.9 Å². The second-order valence-electron chi connectivity index (χ2n) is 5.65. The van der Waals surface area contributed by atoms with Crippen LogP contribution in [0.15, 0.2) is 41.3 Å². The monoisotopic (exact) mass is 393 g/mol. The van der Waals surface area contributed by atoms with Crippen LogP contribution in [0.5, 0.6) is 11.5 Å². The molecule has 1 heterocycles. The molecule has 7 nitrogen and oxygen atoms in total. The molecule has 2 aromatic carbocycles. The average Bonchev–Trinajstić information content (AvgIpc) is 3.14. The lowest BCUT2D eigenvalue weighted by Gasteiger charge is -2.18. The lowest BCUT2D eigenvalue weighted by atomic mass is 10.1. The fourth-order valence-corrected chi connectivity index (χ4v) is 4.52. The summed E-state index contributed by atoms with van der Waals surface area (Å²) < 4.78 is 45.9. The van der Waals surface area contributed by atoms with E-state index in [1.807, 2.05) is 18.2 Å². The number of nitrogens with zero attached hydrogens (tertiary/aromatic N) is 3. The normalized spacial score (nSPS) is 11.8. The van der Waals surface area contributed by atoms with E-state index in [9.17, 15) is 8.42 Å². The molecule has 0 N–H and O–H groups in total. The van der Waals surface area contributed by atoms with E-state index in [1.165, 1.54) is 4.31 Å². The zero-order chi connectivity index (χ0) is 18.7. The number of likely N-dealkylation sites (N-methyl/N-ethyl adjacent to an activating group) is 1. The maximum Gasteiger partial charge on any atom is 0.245 e. The minimum atomic E-state index is -3.65. The van der Waals surface area contributed by atoms with Gasteiger partial charge in [-0.2, -0.15) is 8.75 Å². The molecule has 0 bridgehead atoms. The first-order valence-corrected chi connectivity index (χ1v) is 10.0. The summed E-state index contributed by atoms with van der Waals surface area (Å²) in [6, 6.07) is 10.5. The van der Waals surface area contributed by atoms with Gasteiger partial charge in [-0.25, -0.2) is 12.7 Å². The number of hydrogen-bond acceptors (Lipinski definition) is 7. The predicted octanol–water partition coefficient (Wildman–Crippen LogP) is 2.57. The topological polar surface area (TPSA) is 81.6 Å². The number of benzene rings is 2. The van der Waals surface area contributed by atoms with Gasteiger partial charge in [0.15, 0.2) is 11.5 Å². The van der Waals surface area contributed by atoms with Crippen LogP contribution in [0, 0.1) is 0 Å². The largest absolute Gasteiger partial charge is 0.493 e. The van der Waals surface area contributed by atoms with Crippen LogP contribution >= 0.6 is 11.7 Å². The molecule has 1 aromatic heterocycles. The van der Waals surface area contributed by atoms with Crippen LogP contribution in [0.25, 0.3) is 11.0 Å². The first kappa shape index (κ1) is 18.6. The Morgan fingerprint density at radius 1 is 1.08 bits per heavy atom. The van der Waals surface area contributed by atoms with Gasteiger partial charge in [0.25, 0.3) is 0 Å². The number of hydrogen-bond donors (Lipinski definition) is 0. The van der Waals surface area contributed by atoms with Crippen molar-refractivity contribution < 1.29 is 17.9 Å². The Morgan fingerprint density at radius 3 is 2.58 bits per heavy atom. The van der Waals surface area contributed by atoms with Gasteiger partial charge >= 0.3 is 0 Å². The molecule has 0 aliphatic carbocycles. The molecule has 0 aliphatic heterocycles. The van der Waals surface area contributed by atoms with Crippen molar-refractivity contribution in [1.82, 2.24) is 13.1 Å². The summed E-state index contributed by atoms with van der Waals surface area (Å²) >= 11 is 1.00. The van der Waals surface area contributed by atoms with Crippen molar-refractivity contribution in [2.75, 3.05) is 27.8 Å². The fourth-order valence-electron chi connectivity index (χ4n) is 2.60. The van der Waals surface area contributed by atoms with Crippen molar-refractivity contribution >= 4 is 32.8 Å². The fraction of sp³-hybridized carbons (Fsp3) is 0.294. The van der Waals surface area contributed by atoms with E-state index in [4.69, 9.17) is 9.47 Å². The number of methoxy groups -OCH3 is 2. The van der Waals surface area contributed by atoms with Gasteiger partial charge in [0.1, 0.15) is 15.9 Å². The second kappa shape index (κ2) is 7.56. The third-order valence-corrected chi connectivity index (χ3v) is 6.53. The van der Waals surface area contributed by atoms with Crippen LogP contribution in [0.1, 0.15) is 5.56 Å². The molecule has 0 saturated carbocycles. The van der Waals surface area contributed by atoms with Crippen LogP contribution < -0.4 is 9.47 Å². The molecule has 0 saturated heterocycles. The molecule has 3 rings (SSSR count). The smallest absolute Gasteiger partial charge is 0.245 e. The molecule has 138 valence electrons. The molecule has 0 unspecified atom stereocenters. The number of ether oxygens (including phenoxy) is 2. The Morgan fingerprint density at radius 2 is 1.85 bits per heavy atom. The second-order valence-corrected chi connectivity index (χ2v) is 8.20. The molecular formula is C17H19N3O4S2. The van der Waals surface area contributed by atoms with Crippen molar-refractivity contribution in [3.63, 3.8) is 0 Å². The summed E-state index contributed by atoms with van der Waals surface area (Å²) in [7, 11) is 1.06. The molecule has 0 amide bonds. The standard InChI is InChI=1S/C17H19N3O4S2/c1-20(10-9-12-7-8-14(23-2)15(11-12)24-3)26(21,22)16-6-4-5-13-17(16)19-25-18-13/h4-8,11H,9-10H2,1-3H3. The molecule has 3 aromatic rings. The molecule has 0 fully saturated rings. The van der Waals surface area contributed by atoms with Crippen molar-refractivity contribution in [3.05, 3.63) is 42.0 Å². The highest BCUT2D eigenvalue weighted by Gasteiger charge is 2.24. The van der Waals surface area contributed by atoms with E-state index in [0.29, 0.717) is 35.5 Å². The van der Waals surface area contributed by atoms with Crippen LogP contribution in [0.2, 0.25) is 0 Å². The Labute approximate surface area is 156 Å². The van der Waals surface area contributed by atoms with Gasteiger partial charge in [0.2, 0.25) is 10.0 Å². The molecule has 0 aliphatic rings. The molecule has 0 radical (unpaired) electrons. The van der Waals surface area contributed by atoms with Gasteiger partial charge in [-0.05, 0) is 36.2 Å². The van der Waals surface area contributed by atoms with Gasteiger partial charge < -0.3 is 9.47 Å². The van der Waals surface area contributed by atoms with E-state index in [-0.39, 0.29) is 4.90 Å². The van der Waals surface area contributed by atoms with Crippen LogP contribution in [0.3, 0.4) is 0 Å². The minimum Gasteiger partial charge on any atom is -0.493 e. The van der Waals surface area contributed by atoms with Gasteiger partial charge in [0, 0.05) is 13.6 Å². The summed E-state index contributed by atoms with van der Waals surface area (Å²) in [6.45, 7) is 0.325. The molecule has 0 atom stereocenters. The highest BCUT2D eigenvalue weighted by atomic mass is 32.2. The SMILES string of the molecule is COc1ccc(CCN(C)S(=O)(=O)c2cccc3nsnc23)cc1OC. The van der Waals surface area contributed by atoms with Crippen molar-refractivity contribution in [2.24, 2.45) is 0 Å². The van der Waals surface area contributed by atoms with Gasteiger partial charge in [-0.15, -0.1) is 0 Å². The van der Waals surface area contributed by atoms with E-state index in [0.717, 1.165) is 17.3 Å². The maximum absolute atomic E-state index is 12.9. The van der Waals surface area contributed by atoms with Gasteiger partial charge in [-0.3, -0.25) is 0 Å². The van der Waals surface area contributed by atoms with E-state index in [1.54, 1.807) is 39.5 Å². The Balaban J connectivity index is 1.79. The van der Waals surface area contributed by atoms with Gasteiger partial charge in [-0.1, -0.05) is 12.1 Å². The number of rotatable bonds is 7. The summed E-state index contributed by atoms with van der Waals surface area (Å²) in [5.74, 6) is 1.26. The summed E-state index contributed by atoms with van der Waals surface area (Å²) in [6.07, 6.45) is 0.543. The quantitative estimate of drug-likeness (QED) is 0.614. The first-order chi connectivity index (χ1) is 12.5. The molecule has 26 heavy (non-hydrogen) atoms. The van der Waals surface area contributed by atoms with E-state index in [2.05, 4.69) is 8.75 Å². The highest BCUT2D eigenvalue weighted by molar-refractivity contribution is 7.89. The van der Waals surface area contributed by atoms with E-state index < -0.39 is 10.0 Å². The van der Waals surface area contributed by atoms with Crippen molar-refractivity contribution in [2.45, 2.75) is 11.3 Å². The summed E-state index contributed by atoms with van der Waals surface area (Å²) in [5.41, 5.74) is 1.96. The summed E-state index contributed by atoms with van der Waals surface area (Å²) in [5, 5.41) is 0. The molecule has 9 heteroatoms. The Hall–Kier alpha value is -2.23. The van der Waals surface area contributed by atoms with Crippen molar-refractivity contribution in [3.8, 4) is 11.5 Å². The number of aromatic nitrogens is 2. The van der Waals surface area contributed by atoms with Crippen molar-refractivity contribution in [1.29, 1.82) is 0 Å². The lowest BCUT2D eigenvalue weighted by Crippen LogP contribution is -2.29. The Bertz CT molecular complexity index is 1020. The van der Waals surface area contributed by atoms with Crippen LogP contribution in [-0.4, -0.2) is 49.3 Å². The Kier molecular flexibility index (Phi) is 5.40. The van der Waals surface area contributed by atoms with Crippen LogP contribution in [-0.2, 0) is 16.4 Å². The zero-order valence-electron chi connectivity index (χ0n) is 14.7. The predicted molar refractivity (Wildman–Crippen MR) is 100 cm³/mol. The van der Waals surface area contributed by atoms with E-state index >= 15 is 0 Å². The minimum absolute atomic E-state index is 0.179. The third-order valence-electron chi connectivity index (χ3n) is 4.10. The summed E-state index contributed by atoms with van der Waals surface area (Å²) in [4.78, 5) is 0.179. The maximum atomic E-state index is 12.9.